The maximum atomic E-state index is 13.6. The van der Waals surface area contributed by atoms with E-state index in [4.69, 9.17) is 4.74 Å². The first-order valence-electron chi connectivity index (χ1n) is 9.82. The van der Waals surface area contributed by atoms with Crippen molar-refractivity contribution in [3.63, 3.8) is 0 Å². The molecule has 3 aliphatic carbocycles. The highest BCUT2D eigenvalue weighted by Crippen LogP contribution is 2.62. The second kappa shape index (κ2) is 6.47. The van der Waals surface area contributed by atoms with Gasteiger partial charge in [0.2, 0.25) is 0 Å². The van der Waals surface area contributed by atoms with Crippen molar-refractivity contribution in [3.05, 3.63) is 35.1 Å². The van der Waals surface area contributed by atoms with E-state index in [1.807, 2.05) is 6.07 Å². The third kappa shape index (κ3) is 2.69. The summed E-state index contributed by atoms with van der Waals surface area (Å²) in [6, 6.07) is 5.22. The van der Waals surface area contributed by atoms with Crippen LogP contribution in [0.25, 0.3) is 0 Å². The molecule has 3 aliphatic rings. The predicted molar refractivity (Wildman–Crippen MR) is 96.1 cm³/mol. The molecule has 0 bridgehead atoms. The van der Waals surface area contributed by atoms with Gasteiger partial charge in [-0.1, -0.05) is 13.0 Å². The monoisotopic (exact) mass is 358 g/mol. The second-order valence-electron chi connectivity index (χ2n) is 8.64. The Bertz CT molecular complexity index is 743. The van der Waals surface area contributed by atoms with Gasteiger partial charge >= 0.3 is 5.97 Å². The summed E-state index contributed by atoms with van der Waals surface area (Å²) in [5, 5.41) is 0. The fourth-order valence-electron chi connectivity index (χ4n) is 6.28. The van der Waals surface area contributed by atoms with E-state index < -0.39 is 0 Å². The summed E-state index contributed by atoms with van der Waals surface area (Å²) >= 11 is 0. The van der Waals surface area contributed by atoms with Gasteiger partial charge in [0.05, 0.1) is 7.11 Å². The highest BCUT2D eigenvalue weighted by Gasteiger charge is 2.58. The van der Waals surface area contributed by atoms with Crippen LogP contribution in [0.4, 0.5) is 4.39 Å². The van der Waals surface area contributed by atoms with Crippen LogP contribution in [-0.2, 0) is 20.7 Å². The standard InChI is InChI=1S/C22H27FO3/c1-22-10-9-17-16-7-5-15(23)11-13(16)3-6-18(17)21(22)14(12-19(22)24)4-8-20(25)26-2/h5,7,11,14,17-18,21H,3-4,6,8-10,12H2,1-2H3/t14-,17?,18?,21?,22-/m1/s1. The lowest BCUT2D eigenvalue weighted by molar-refractivity contribution is -0.141. The normalized spacial score (nSPS) is 35.4. The molecule has 2 fully saturated rings. The minimum absolute atomic E-state index is 0.158. The largest absolute Gasteiger partial charge is 0.469 e. The number of fused-ring (bicyclic) bond motifs is 5. The molecule has 5 atom stereocenters. The van der Waals surface area contributed by atoms with Crippen molar-refractivity contribution in [1.29, 1.82) is 0 Å². The fraction of sp³-hybridized carbons (Fsp3) is 0.636. The van der Waals surface area contributed by atoms with Crippen molar-refractivity contribution in [2.75, 3.05) is 7.11 Å². The highest BCUT2D eigenvalue weighted by molar-refractivity contribution is 5.87. The third-order valence-electron chi connectivity index (χ3n) is 7.48. The Kier molecular flexibility index (Phi) is 4.40. The van der Waals surface area contributed by atoms with Gasteiger partial charge in [-0.15, -0.1) is 0 Å². The van der Waals surface area contributed by atoms with Gasteiger partial charge in [0.25, 0.3) is 0 Å². The van der Waals surface area contributed by atoms with Crippen molar-refractivity contribution < 1.29 is 18.7 Å². The summed E-state index contributed by atoms with van der Waals surface area (Å²) in [5.41, 5.74) is 2.18. The summed E-state index contributed by atoms with van der Waals surface area (Å²) < 4.78 is 18.4. The van der Waals surface area contributed by atoms with Crippen molar-refractivity contribution in [1.82, 2.24) is 0 Å². The zero-order valence-corrected chi connectivity index (χ0v) is 15.6. The number of esters is 1. The van der Waals surface area contributed by atoms with Gasteiger partial charge in [-0.25, -0.2) is 4.39 Å². The fourth-order valence-corrected chi connectivity index (χ4v) is 6.28. The average molecular weight is 358 g/mol. The van der Waals surface area contributed by atoms with Gasteiger partial charge in [-0.05, 0) is 79.0 Å². The van der Waals surface area contributed by atoms with E-state index in [1.54, 1.807) is 12.1 Å². The molecule has 2 saturated carbocycles. The number of benzene rings is 1. The minimum Gasteiger partial charge on any atom is -0.469 e. The molecular weight excluding hydrogens is 331 g/mol. The van der Waals surface area contributed by atoms with Gasteiger partial charge < -0.3 is 4.74 Å². The first-order valence-corrected chi connectivity index (χ1v) is 9.82. The maximum Gasteiger partial charge on any atom is 0.305 e. The van der Waals surface area contributed by atoms with Crippen LogP contribution in [0, 0.1) is 29.0 Å². The second-order valence-corrected chi connectivity index (χ2v) is 8.64. The van der Waals surface area contributed by atoms with E-state index in [1.165, 1.54) is 12.7 Å². The molecule has 4 rings (SSSR count). The Morgan fingerprint density at radius 1 is 1.35 bits per heavy atom. The Labute approximate surface area is 154 Å². The highest BCUT2D eigenvalue weighted by atomic mass is 19.1. The number of halogens is 1. The van der Waals surface area contributed by atoms with E-state index in [2.05, 4.69) is 6.92 Å². The molecule has 140 valence electrons. The van der Waals surface area contributed by atoms with Crippen molar-refractivity contribution in [2.45, 2.75) is 57.8 Å². The molecule has 0 aromatic heterocycles. The molecule has 4 heteroatoms. The summed E-state index contributed by atoms with van der Waals surface area (Å²) in [7, 11) is 1.42. The number of hydrogen-bond donors (Lipinski definition) is 0. The molecule has 26 heavy (non-hydrogen) atoms. The molecule has 0 aliphatic heterocycles. The molecule has 1 aromatic rings. The number of hydrogen-bond acceptors (Lipinski definition) is 3. The molecule has 0 radical (unpaired) electrons. The Hall–Kier alpha value is -1.71. The summed E-state index contributed by atoms with van der Waals surface area (Å²) in [6.07, 6.45) is 5.53. The van der Waals surface area contributed by atoms with E-state index >= 15 is 0 Å². The molecule has 3 unspecified atom stereocenters. The number of methoxy groups -OCH3 is 1. The van der Waals surface area contributed by atoms with Crippen molar-refractivity contribution >= 4 is 11.8 Å². The van der Waals surface area contributed by atoms with Gasteiger partial charge in [-0.3, -0.25) is 9.59 Å². The third-order valence-corrected chi connectivity index (χ3v) is 7.48. The molecule has 0 N–H and O–H groups in total. The Balaban J connectivity index is 1.63. The number of Topliss-reactive ketones (excluding diaryl/α,β-unsaturated/α-hetero) is 1. The Morgan fingerprint density at radius 3 is 2.92 bits per heavy atom. The number of carbonyl (C=O) groups excluding carboxylic acids is 2. The van der Waals surface area contributed by atoms with E-state index in [0.29, 0.717) is 36.4 Å². The van der Waals surface area contributed by atoms with Crippen LogP contribution in [0.5, 0.6) is 0 Å². The molecular formula is C22H27FO3. The molecule has 3 nitrogen and oxygen atoms in total. The minimum atomic E-state index is -0.251. The lowest BCUT2D eigenvalue weighted by atomic mass is 9.54. The van der Waals surface area contributed by atoms with Crippen LogP contribution in [-0.4, -0.2) is 18.9 Å². The van der Waals surface area contributed by atoms with Crippen molar-refractivity contribution in [3.8, 4) is 0 Å². The van der Waals surface area contributed by atoms with Crippen LogP contribution in [0.3, 0.4) is 0 Å². The van der Waals surface area contributed by atoms with Gasteiger partial charge in [0.15, 0.2) is 0 Å². The first kappa shape index (κ1) is 17.7. The molecule has 0 saturated heterocycles. The van der Waals surface area contributed by atoms with E-state index in [9.17, 15) is 14.0 Å². The maximum absolute atomic E-state index is 13.6. The molecule has 0 spiro atoms. The van der Waals surface area contributed by atoms with E-state index in [-0.39, 0.29) is 23.1 Å². The number of carbonyl (C=O) groups is 2. The van der Waals surface area contributed by atoms with Crippen LogP contribution >= 0.6 is 0 Å². The molecule has 1 aromatic carbocycles. The van der Waals surface area contributed by atoms with Gasteiger partial charge in [0, 0.05) is 18.3 Å². The first-order chi connectivity index (χ1) is 12.4. The smallest absolute Gasteiger partial charge is 0.305 e. The van der Waals surface area contributed by atoms with E-state index in [0.717, 1.165) is 37.7 Å². The van der Waals surface area contributed by atoms with Gasteiger partial charge in [0.1, 0.15) is 11.6 Å². The zero-order chi connectivity index (χ0) is 18.5. The zero-order valence-electron chi connectivity index (χ0n) is 15.6. The van der Waals surface area contributed by atoms with Crippen LogP contribution in [0.1, 0.15) is 62.5 Å². The van der Waals surface area contributed by atoms with Crippen molar-refractivity contribution in [2.24, 2.45) is 23.2 Å². The number of aryl methyl sites for hydroxylation is 1. The SMILES string of the molecule is COC(=O)CC[C@@H]1CC(=O)[C@@]2(C)CCC3c4ccc(F)cc4CCC3C12. The number of ether oxygens (including phenoxy) is 1. The molecule has 0 heterocycles. The van der Waals surface area contributed by atoms with Gasteiger partial charge in [-0.2, -0.15) is 0 Å². The average Bonchev–Trinajstić information content (AvgIpc) is 2.89. The van der Waals surface area contributed by atoms with Crippen LogP contribution < -0.4 is 0 Å². The van der Waals surface area contributed by atoms with Crippen LogP contribution in [0.2, 0.25) is 0 Å². The Morgan fingerprint density at radius 2 is 2.15 bits per heavy atom. The summed E-state index contributed by atoms with van der Waals surface area (Å²) in [5.74, 6) is 1.50. The summed E-state index contributed by atoms with van der Waals surface area (Å²) in [4.78, 5) is 24.5. The molecule has 0 amide bonds. The topological polar surface area (TPSA) is 43.4 Å². The lowest BCUT2D eigenvalue weighted by Gasteiger charge is -2.50. The quantitative estimate of drug-likeness (QED) is 0.751. The number of ketones is 1. The predicted octanol–water partition coefficient (Wildman–Crippen LogP) is 4.43. The van der Waals surface area contributed by atoms with Crippen LogP contribution in [0.15, 0.2) is 18.2 Å². The lowest BCUT2D eigenvalue weighted by Crippen LogP contribution is -2.44. The summed E-state index contributed by atoms with van der Waals surface area (Å²) in [6.45, 7) is 2.15. The number of rotatable bonds is 3.